The number of nitrogens with two attached hydrogens (primary N) is 1. The van der Waals surface area contributed by atoms with Crippen molar-refractivity contribution in [2.24, 2.45) is 11.7 Å². The molecular weight excluding hydrogens is 190 g/mol. The van der Waals surface area contributed by atoms with Crippen LogP contribution in [0.25, 0.3) is 0 Å². The van der Waals surface area contributed by atoms with Crippen molar-refractivity contribution in [1.29, 1.82) is 0 Å². The molecule has 86 valence electrons. The van der Waals surface area contributed by atoms with E-state index in [1.165, 1.54) is 6.42 Å². The molecule has 1 saturated heterocycles. The number of carbonyl (C=O) groups excluding carboxylic acids is 1. The number of likely N-dealkylation sites (N-methyl/N-ethyl adjacent to an activating group) is 1. The molecule has 1 aliphatic carbocycles. The van der Waals surface area contributed by atoms with Gasteiger partial charge in [-0.05, 0) is 39.3 Å². The average molecular weight is 211 g/mol. The maximum atomic E-state index is 11.8. The minimum atomic E-state index is 0.187. The monoisotopic (exact) mass is 211 g/mol. The molecule has 0 bridgehead atoms. The molecule has 2 rings (SSSR count). The first-order chi connectivity index (χ1) is 7.15. The Labute approximate surface area is 91.2 Å². The van der Waals surface area contributed by atoms with Gasteiger partial charge in [-0.15, -0.1) is 0 Å². The van der Waals surface area contributed by atoms with Gasteiger partial charge in [-0.1, -0.05) is 0 Å². The van der Waals surface area contributed by atoms with Crippen molar-refractivity contribution in [1.82, 2.24) is 10.2 Å². The van der Waals surface area contributed by atoms with Crippen LogP contribution in [0.1, 0.15) is 25.7 Å². The molecule has 15 heavy (non-hydrogen) atoms. The molecule has 0 spiro atoms. The summed E-state index contributed by atoms with van der Waals surface area (Å²) in [6, 6.07) is 0.614. The van der Waals surface area contributed by atoms with Crippen molar-refractivity contribution >= 4 is 5.91 Å². The van der Waals surface area contributed by atoms with Crippen LogP contribution >= 0.6 is 0 Å². The molecular formula is C11H21N3O. The van der Waals surface area contributed by atoms with E-state index in [9.17, 15) is 4.79 Å². The molecule has 1 aliphatic heterocycles. The second kappa shape index (κ2) is 4.49. The Hall–Kier alpha value is -0.610. The molecule has 0 radical (unpaired) electrons. The summed E-state index contributed by atoms with van der Waals surface area (Å²) in [5, 5.41) is 3.14. The fourth-order valence-electron chi connectivity index (χ4n) is 2.48. The fraction of sp³-hybridized carbons (Fsp3) is 0.909. The Morgan fingerprint density at radius 3 is 2.80 bits per heavy atom. The van der Waals surface area contributed by atoms with Gasteiger partial charge < -0.3 is 16.0 Å². The van der Waals surface area contributed by atoms with Gasteiger partial charge in [0.15, 0.2) is 0 Å². The minimum absolute atomic E-state index is 0.187. The van der Waals surface area contributed by atoms with Crippen LogP contribution in [0.4, 0.5) is 0 Å². The zero-order valence-corrected chi connectivity index (χ0v) is 9.41. The van der Waals surface area contributed by atoms with Gasteiger partial charge in [0.2, 0.25) is 5.91 Å². The van der Waals surface area contributed by atoms with Crippen LogP contribution in [-0.4, -0.2) is 43.0 Å². The van der Waals surface area contributed by atoms with E-state index in [4.69, 9.17) is 5.73 Å². The largest absolute Gasteiger partial charge is 0.352 e. The third-order valence-corrected chi connectivity index (χ3v) is 3.52. The van der Waals surface area contributed by atoms with E-state index in [2.05, 4.69) is 17.3 Å². The highest BCUT2D eigenvalue weighted by atomic mass is 16.2. The quantitative estimate of drug-likeness (QED) is 0.672. The first-order valence-corrected chi connectivity index (χ1v) is 5.89. The number of nitrogens with zero attached hydrogens (tertiary/aromatic N) is 1. The van der Waals surface area contributed by atoms with Gasteiger partial charge in [-0.3, -0.25) is 4.79 Å². The standard InChI is InChI=1S/C11H21N3O/c1-14-4-2-3-10(7-14)13-11(15)8-5-9(12)6-8/h8-10H,2-7,12H2,1H3,(H,13,15). The van der Waals surface area contributed by atoms with Gasteiger partial charge in [0.1, 0.15) is 0 Å². The lowest BCUT2D eigenvalue weighted by molar-refractivity contribution is -0.128. The van der Waals surface area contributed by atoms with Crippen LogP contribution < -0.4 is 11.1 Å². The highest BCUT2D eigenvalue weighted by Gasteiger charge is 2.33. The Kier molecular flexibility index (Phi) is 3.26. The van der Waals surface area contributed by atoms with E-state index in [1.807, 2.05) is 0 Å². The molecule has 1 atom stereocenters. The van der Waals surface area contributed by atoms with Gasteiger partial charge in [0.05, 0.1) is 0 Å². The predicted molar refractivity (Wildman–Crippen MR) is 59.4 cm³/mol. The van der Waals surface area contributed by atoms with Gasteiger partial charge >= 0.3 is 0 Å². The predicted octanol–water partition coefficient (Wildman–Crippen LogP) is -0.0659. The summed E-state index contributed by atoms with van der Waals surface area (Å²) in [4.78, 5) is 14.0. The molecule has 3 N–H and O–H groups in total. The smallest absolute Gasteiger partial charge is 0.223 e. The highest BCUT2D eigenvalue weighted by molar-refractivity contribution is 5.80. The van der Waals surface area contributed by atoms with Crippen LogP contribution in [0.3, 0.4) is 0 Å². The number of piperidine rings is 1. The van der Waals surface area contributed by atoms with Crippen molar-refractivity contribution < 1.29 is 4.79 Å². The molecule has 1 saturated carbocycles. The van der Waals surface area contributed by atoms with E-state index in [0.29, 0.717) is 6.04 Å². The maximum absolute atomic E-state index is 11.8. The lowest BCUT2D eigenvalue weighted by Gasteiger charge is -2.35. The minimum Gasteiger partial charge on any atom is -0.352 e. The van der Waals surface area contributed by atoms with Crippen LogP contribution in [0.15, 0.2) is 0 Å². The first kappa shape index (κ1) is 10.9. The van der Waals surface area contributed by atoms with E-state index in [1.54, 1.807) is 0 Å². The Morgan fingerprint density at radius 2 is 2.20 bits per heavy atom. The van der Waals surface area contributed by atoms with E-state index < -0.39 is 0 Å². The SMILES string of the molecule is CN1CCCC(NC(=O)C2CC(N)C2)C1. The molecule has 2 fully saturated rings. The topological polar surface area (TPSA) is 58.4 Å². The summed E-state index contributed by atoms with van der Waals surface area (Å²) >= 11 is 0. The molecule has 0 aromatic rings. The van der Waals surface area contributed by atoms with Crippen LogP contribution in [0.2, 0.25) is 0 Å². The highest BCUT2D eigenvalue weighted by Crippen LogP contribution is 2.25. The van der Waals surface area contributed by atoms with Gasteiger partial charge in [-0.2, -0.15) is 0 Å². The Bertz CT molecular complexity index is 238. The number of hydrogen-bond donors (Lipinski definition) is 2. The zero-order chi connectivity index (χ0) is 10.8. The van der Waals surface area contributed by atoms with Gasteiger partial charge in [0, 0.05) is 24.5 Å². The number of nitrogens with one attached hydrogen (secondary N) is 1. The Balaban J connectivity index is 1.73. The lowest BCUT2D eigenvalue weighted by atomic mass is 9.80. The van der Waals surface area contributed by atoms with Crippen molar-refractivity contribution in [2.75, 3.05) is 20.1 Å². The Morgan fingerprint density at radius 1 is 1.47 bits per heavy atom. The second-order valence-electron chi connectivity index (χ2n) is 5.04. The van der Waals surface area contributed by atoms with E-state index >= 15 is 0 Å². The van der Waals surface area contributed by atoms with Gasteiger partial charge in [-0.25, -0.2) is 0 Å². The van der Waals surface area contributed by atoms with Crippen LogP contribution in [0.5, 0.6) is 0 Å². The summed E-state index contributed by atoms with van der Waals surface area (Å²) in [6.45, 7) is 2.14. The van der Waals surface area contributed by atoms with Crippen molar-refractivity contribution in [2.45, 2.75) is 37.8 Å². The number of amides is 1. The molecule has 1 heterocycles. The van der Waals surface area contributed by atoms with Crippen LogP contribution in [-0.2, 0) is 4.79 Å². The second-order valence-corrected chi connectivity index (χ2v) is 5.04. The summed E-state index contributed by atoms with van der Waals surface area (Å²) < 4.78 is 0. The number of likely N-dealkylation sites (tertiary alicyclic amines) is 1. The number of hydrogen-bond acceptors (Lipinski definition) is 3. The average Bonchev–Trinajstić information content (AvgIpc) is 2.13. The summed E-state index contributed by atoms with van der Waals surface area (Å²) in [5.41, 5.74) is 5.67. The van der Waals surface area contributed by atoms with Crippen LogP contribution in [0, 0.1) is 5.92 Å². The first-order valence-electron chi connectivity index (χ1n) is 5.89. The van der Waals surface area contributed by atoms with Crippen molar-refractivity contribution in [3.05, 3.63) is 0 Å². The van der Waals surface area contributed by atoms with E-state index in [0.717, 1.165) is 32.4 Å². The third kappa shape index (κ3) is 2.69. The van der Waals surface area contributed by atoms with Crippen molar-refractivity contribution in [3.8, 4) is 0 Å². The zero-order valence-electron chi connectivity index (χ0n) is 9.41. The molecule has 1 amide bonds. The fourth-order valence-corrected chi connectivity index (χ4v) is 2.48. The molecule has 4 heteroatoms. The van der Waals surface area contributed by atoms with Crippen molar-refractivity contribution in [3.63, 3.8) is 0 Å². The third-order valence-electron chi connectivity index (χ3n) is 3.52. The molecule has 0 aromatic heterocycles. The van der Waals surface area contributed by atoms with E-state index in [-0.39, 0.29) is 17.9 Å². The summed E-state index contributed by atoms with van der Waals surface area (Å²) in [6.07, 6.45) is 4.04. The molecule has 0 aromatic carbocycles. The number of rotatable bonds is 2. The molecule has 4 nitrogen and oxygen atoms in total. The molecule has 2 aliphatic rings. The maximum Gasteiger partial charge on any atom is 0.223 e. The molecule has 1 unspecified atom stereocenters. The lowest BCUT2D eigenvalue weighted by Crippen LogP contribution is -2.51. The van der Waals surface area contributed by atoms with Gasteiger partial charge in [0.25, 0.3) is 0 Å². The normalized spacial score (nSPS) is 37.1. The summed E-state index contributed by atoms with van der Waals surface area (Å²) in [5.74, 6) is 0.407. The number of carbonyl (C=O) groups is 1. The summed E-state index contributed by atoms with van der Waals surface area (Å²) in [7, 11) is 2.11.